The maximum atomic E-state index is 12.5. The molecule has 1 aliphatic rings. The monoisotopic (exact) mass is 400 g/mol. The predicted octanol–water partition coefficient (Wildman–Crippen LogP) is 3.72. The van der Waals surface area contributed by atoms with Crippen molar-refractivity contribution in [2.24, 2.45) is 0 Å². The maximum Gasteiger partial charge on any atom is 0.233 e. The third-order valence-electron chi connectivity index (χ3n) is 4.48. The van der Waals surface area contributed by atoms with E-state index in [4.69, 9.17) is 4.74 Å². The lowest BCUT2D eigenvalue weighted by molar-refractivity contribution is -0.127. The van der Waals surface area contributed by atoms with Crippen LogP contribution < -0.4 is 4.74 Å². The van der Waals surface area contributed by atoms with Gasteiger partial charge in [-0.15, -0.1) is 21.5 Å². The number of carbonyl (C=O) groups excluding carboxylic acids is 1. The molecule has 8 heteroatoms. The van der Waals surface area contributed by atoms with Crippen LogP contribution in [-0.2, 0) is 4.79 Å². The van der Waals surface area contributed by atoms with Crippen LogP contribution in [0.15, 0.2) is 46.9 Å². The molecule has 1 aromatic carbocycles. The van der Waals surface area contributed by atoms with Crippen molar-refractivity contribution < 1.29 is 9.53 Å². The minimum atomic E-state index is 0.157. The predicted molar refractivity (Wildman–Crippen MR) is 108 cm³/mol. The number of thiophene rings is 1. The van der Waals surface area contributed by atoms with Gasteiger partial charge in [-0.05, 0) is 36.4 Å². The fourth-order valence-electron chi connectivity index (χ4n) is 3.14. The maximum absolute atomic E-state index is 12.5. The molecule has 0 radical (unpaired) electrons. The zero-order chi connectivity index (χ0) is 18.6. The molecule has 3 aromatic rings. The summed E-state index contributed by atoms with van der Waals surface area (Å²) < 4.78 is 7.52. The fraction of sp³-hybridized carbons (Fsp3) is 0.316. The van der Waals surface area contributed by atoms with Crippen LogP contribution in [0.5, 0.6) is 5.75 Å². The van der Waals surface area contributed by atoms with Gasteiger partial charge in [0.2, 0.25) is 5.91 Å². The minimum absolute atomic E-state index is 0.157. The standard InChI is InChI=1S/C19H20N4O2S2/c1-25-15-8-3-2-7-14(15)23-18(16-9-6-12-26-16)20-21-19(23)27-13-17(24)22-10-4-5-11-22/h2-3,6-9,12H,4-5,10-11,13H2,1H3. The Balaban J connectivity index is 1.68. The summed E-state index contributed by atoms with van der Waals surface area (Å²) in [6, 6.07) is 11.8. The number of thioether (sulfide) groups is 1. The zero-order valence-corrected chi connectivity index (χ0v) is 16.6. The molecule has 0 saturated carbocycles. The number of hydrogen-bond acceptors (Lipinski definition) is 6. The highest BCUT2D eigenvalue weighted by Gasteiger charge is 2.22. The molecule has 1 fully saturated rings. The highest BCUT2D eigenvalue weighted by Crippen LogP contribution is 2.34. The molecule has 0 spiro atoms. The Morgan fingerprint density at radius 1 is 1.19 bits per heavy atom. The van der Waals surface area contributed by atoms with Crippen molar-refractivity contribution in [1.29, 1.82) is 0 Å². The summed E-state index contributed by atoms with van der Waals surface area (Å²) >= 11 is 3.03. The first-order valence-corrected chi connectivity index (χ1v) is 10.7. The van der Waals surface area contributed by atoms with Gasteiger partial charge in [0.25, 0.3) is 0 Å². The van der Waals surface area contributed by atoms with Crippen molar-refractivity contribution >= 4 is 29.0 Å². The van der Waals surface area contributed by atoms with Crippen molar-refractivity contribution in [2.45, 2.75) is 18.0 Å². The van der Waals surface area contributed by atoms with Gasteiger partial charge >= 0.3 is 0 Å². The molecule has 6 nitrogen and oxygen atoms in total. The number of benzene rings is 1. The number of amides is 1. The number of likely N-dealkylation sites (tertiary alicyclic amines) is 1. The molecule has 0 atom stereocenters. The quantitative estimate of drug-likeness (QED) is 0.590. The second-order valence-corrected chi connectivity index (χ2v) is 8.06. The van der Waals surface area contributed by atoms with E-state index in [1.165, 1.54) is 11.8 Å². The van der Waals surface area contributed by atoms with Crippen molar-refractivity contribution in [3.8, 4) is 22.1 Å². The summed E-state index contributed by atoms with van der Waals surface area (Å²) in [7, 11) is 1.65. The van der Waals surface area contributed by atoms with Gasteiger partial charge in [-0.2, -0.15) is 0 Å². The second kappa shape index (κ2) is 8.14. The normalized spacial score (nSPS) is 13.9. The van der Waals surface area contributed by atoms with Crippen LogP contribution in [-0.4, -0.2) is 51.5 Å². The molecular formula is C19H20N4O2S2. The zero-order valence-electron chi connectivity index (χ0n) is 15.0. The van der Waals surface area contributed by atoms with Gasteiger partial charge in [0.1, 0.15) is 5.75 Å². The SMILES string of the molecule is COc1ccccc1-n1c(SCC(=O)N2CCCC2)nnc1-c1cccs1. The van der Waals surface area contributed by atoms with E-state index in [-0.39, 0.29) is 5.91 Å². The number of methoxy groups -OCH3 is 1. The number of ether oxygens (including phenoxy) is 1. The molecule has 2 aromatic heterocycles. The third-order valence-corrected chi connectivity index (χ3v) is 6.26. The summed E-state index contributed by atoms with van der Waals surface area (Å²) in [5.41, 5.74) is 0.865. The summed E-state index contributed by atoms with van der Waals surface area (Å²) in [5.74, 6) is 2.01. The molecular weight excluding hydrogens is 380 g/mol. The van der Waals surface area contributed by atoms with Gasteiger partial charge in [0, 0.05) is 13.1 Å². The Morgan fingerprint density at radius 3 is 2.74 bits per heavy atom. The molecule has 0 N–H and O–H groups in total. The van der Waals surface area contributed by atoms with E-state index in [2.05, 4.69) is 10.2 Å². The van der Waals surface area contributed by atoms with E-state index in [0.29, 0.717) is 10.9 Å². The van der Waals surface area contributed by atoms with Crippen LogP contribution in [0.1, 0.15) is 12.8 Å². The third kappa shape index (κ3) is 3.72. The van der Waals surface area contributed by atoms with Crippen LogP contribution in [0, 0.1) is 0 Å². The Bertz CT molecular complexity index is 918. The molecule has 140 valence electrons. The Morgan fingerprint density at radius 2 is 2.00 bits per heavy atom. The second-order valence-electron chi connectivity index (χ2n) is 6.17. The fourth-order valence-corrected chi connectivity index (χ4v) is 4.69. The molecule has 1 aliphatic heterocycles. The van der Waals surface area contributed by atoms with Crippen LogP contribution in [0.4, 0.5) is 0 Å². The molecule has 0 aliphatic carbocycles. The van der Waals surface area contributed by atoms with Gasteiger partial charge in [-0.3, -0.25) is 9.36 Å². The first-order valence-electron chi connectivity index (χ1n) is 8.81. The molecule has 0 bridgehead atoms. The number of rotatable bonds is 6. The largest absolute Gasteiger partial charge is 0.495 e. The smallest absolute Gasteiger partial charge is 0.233 e. The highest BCUT2D eigenvalue weighted by molar-refractivity contribution is 7.99. The van der Waals surface area contributed by atoms with E-state index in [0.717, 1.165) is 48.1 Å². The van der Waals surface area contributed by atoms with E-state index < -0.39 is 0 Å². The molecule has 1 saturated heterocycles. The first kappa shape index (κ1) is 18.1. The Hall–Kier alpha value is -2.32. The lowest BCUT2D eigenvalue weighted by atomic mass is 10.3. The van der Waals surface area contributed by atoms with Crippen LogP contribution >= 0.6 is 23.1 Å². The minimum Gasteiger partial charge on any atom is -0.495 e. The Labute approximate surface area is 166 Å². The van der Waals surface area contributed by atoms with Crippen LogP contribution in [0.2, 0.25) is 0 Å². The average Bonchev–Trinajstić information content (AvgIpc) is 3.47. The van der Waals surface area contributed by atoms with Crippen LogP contribution in [0.25, 0.3) is 16.4 Å². The average molecular weight is 401 g/mol. The molecule has 27 heavy (non-hydrogen) atoms. The van der Waals surface area contributed by atoms with Gasteiger partial charge in [0.15, 0.2) is 11.0 Å². The van der Waals surface area contributed by atoms with E-state index in [9.17, 15) is 4.79 Å². The number of carbonyl (C=O) groups is 1. The molecule has 1 amide bonds. The highest BCUT2D eigenvalue weighted by atomic mass is 32.2. The summed E-state index contributed by atoms with van der Waals surface area (Å²) in [6.45, 7) is 1.72. The lowest BCUT2D eigenvalue weighted by Gasteiger charge is -2.16. The van der Waals surface area contributed by atoms with Crippen molar-refractivity contribution in [3.63, 3.8) is 0 Å². The summed E-state index contributed by atoms with van der Waals surface area (Å²) in [6.07, 6.45) is 2.19. The number of para-hydroxylation sites is 2. The van der Waals surface area contributed by atoms with Crippen LogP contribution in [0.3, 0.4) is 0 Å². The number of nitrogens with zero attached hydrogens (tertiary/aromatic N) is 4. The Kier molecular flexibility index (Phi) is 5.45. The van der Waals surface area contributed by atoms with Gasteiger partial charge in [-0.1, -0.05) is 30.0 Å². The van der Waals surface area contributed by atoms with Crippen molar-refractivity contribution in [3.05, 3.63) is 41.8 Å². The number of hydrogen-bond donors (Lipinski definition) is 0. The topological polar surface area (TPSA) is 60.2 Å². The summed E-state index contributed by atoms with van der Waals surface area (Å²) in [4.78, 5) is 15.4. The van der Waals surface area contributed by atoms with E-state index >= 15 is 0 Å². The first-order chi connectivity index (χ1) is 13.3. The number of aromatic nitrogens is 3. The van der Waals surface area contributed by atoms with Crippen molar-refractivity contribution in [2.75, 3.05) is 26.0 Å². The molecule has 0 unspecified atom stereocenters. The summed E-state index contributed by atoms with van der Waals surface area (Å²) in [5, 5.41) is 11.5. The molecule has 4 rings (SSSR count). The van der Waals surface area contributed by atoms with E-state index in [1.54, 1.807) is 18.4 Å². The van der Waals surface area contributed by atoms with Crippen molar-refractivity contribution in [1.82, 2.24) is 19.7 Å². The molecule has 3 heterocycles. The lowest BCUT2D eigenvalue weighted by Crippen LogP contribution is -2.29. The van der Waals surface area contributed by atoms with Gasteiger partial charge in [-0.25, -0.2) is 0 Å². The van der Waals surface area contributed by atoms with Gasteiger partial charge < -0.3 is 9.64 Å². The van der Waals surface area contributed by atoms with E-state index in [1.807, 2.05) is 51.2 Å². The van der Waals surface area contributed by atoms with Gasteiger partial charge in [0.05, 0.1) is 23.4 Å².